The molecule has 0 saturated carbocycles. The van der Waals surface area contributed by atoms with Gasteiger partial charge in [0.05, 0.1) is 14.2 Å². The Morgan fingerprint density at radius 2 is 1.88 bits per heavy atom. The zero-order valence-electron chi connectivity index (χ0n) is 19.1. The largest absolute Gasteiger partial charge is 0.497 e. The number of nitrogens with one attached hydrogen (secondary N) is 2. The maximum Gasteiger partial charge on any atom is 0.317 e. The van der Waals surface area contributed by atoms with Crippen molar-refractivity contribution in [3.8, 4) is 11.5 Å². The summed E-state index contributed by atoms with van der Waals surface area (Å²) in [5.41, 5.74) is 1.62. The fourth-order valence-corrected chi connectivity index (χ4v) is 4.65. The van der Waals surface area contributed by atoms with Gasteiger partial charge in [-0.15, -0.1) is 10.2 Å². The number of nitrogens with zero attached hydrogens (tertiary/aromatic N) is 3. The average Bonchev–Trinajstić information content (AvgIpc) is 3.39. The van der Waals surface area contributed by atoms with Crippen molar-refractivity contribution in [2.45, 2.75) is 25.3 Å². The predicted octanol–water partition coefficient (Wildman–Crippen LogP) is 3.90. The standard InChI is InChI=1S/C24H27N5O4S/c1-32-19-10-8-18(9-11-19)26-21(30)23-28-27-22(34-23)17-6-4-12-29(15-17)24(31)25-14-16-5-3-7-20(13-16)33-2/h3,5,7-11,13,17H,4,6,12,14-15H2,1-2H3,(H,25,31)(H,26,30)/t17-/m1/s1. The van der Waals surface area contributed by atoms with E-state index in [1.807, 2.05) is 24.3 Å². The number of benzene rings is 2. The molecule has 1 atom stereocenters. The van der Waals surface area contributed by atoms with Gasteiger partial charge in [0.25, 0.3) is 5.91 Å². The predicted molar refractivity (Wildman–Crippen MR) is 130 cm³/mol. The molecule has 0 aliphatic carbocycles. The number of ether oxygens (including phenoxy) is 2. The van der Waals surface area contributed by atoms with E-state index in [4.69, 9.17) is 9.47 Å². The molecule has 1 fully saturated rings. The molecule has 2 N–H and O–H groups in total. The Hall–Kier alpha value is -3.66. The highest BCUT2D eigenvalue weighted by atomic mass is 32.1. The highest BCUT2D eigenvalue weighted by molar-refractivity contribution is 7.13. The molecule has 2 heterocycles. The van der Waals surface area contributed by atoms with Gasteiger partial charge in [-0.3, -0.25) is 4.79 Å². The molecule has 1 aliphatic heterocycles. The first-order valence-electron chi connectivity index (χ1n) is 11.0. The summed E-state index contributed by atoms with van der Waals surface area (Å²) in [5, 5.41) is 15.2. The van der Waals surface area contributed by atoms with Gasteiger partial charge in [0, 0.05) is 31.2 Å². The molecule has 0 bridgehead atoms. The van der Waals surface area contributed by atoms with Crippen LogP contribution in [0.3, 0.4) is 0 Å². The molecule has 1 aliphatic rings. The van der Waals surface area contributed by atoms with Gasteiger partial charge in [-0.05, 0) is 54.8 Å². The van der Waals surface area contributed by atoms with Crippen LogP contribution in [0.15, 0.2) is 48.5 Å². The first kappa shape index (κ1) is 23.5. The highest BCUT2D eigenvalue weighted by Gasteiger charge is 2.28. The number of likely N-dealkylation sites (tertiary alicyclic amines) is 1. The Bertz CT molecular complexity index is 1130. The van der Waals surface area contributed by atoms with Crippen LogP contribution in [0.25, 0.3) is 0 Å². The number of aromatic nitrogens is 2. The number of anilines is 1. The fraction of sp³-hybridized carbons (Fsp3) is 0.333. The van der Waals surface area contributed by atoms with E-state index < -0.39 is 0 Å². The van der Waals surface area contributed by atoms with E-state index in [1.165, 1.54) is 11.3 Å². The summed E-state index contributed by atoms with van der Waals surface area (Å²) in [4.78, 5) is 27.1. The summed E-state index contributed by atoms with van der Waals surface area (Å²) >= 11 is 1.27. The van der Waals surface area contributed by atoms with Crippen LogP contribution >= 0.6 is 11.3 Å². The quantitative estimate of drug-likeness (QED) is 0.530. The molecule has 3 aromatic rings. The summed E-state index contributed by atoms with van der Waals surface area (Å²) in [6.07, 6.45) is 1.76. The van der Waals surface area contributed by atoms with E-state index in [9.17, 15) is 9.59 Å². The molecule has 178 valence electrons. The van der Waals surface area contributed by atoms with Crippen molar-refractivity contribution < 1.29 is 19.1 Å². The van der Waals surface area contributed by atoms with Crippen LogP contribution in [0.5, 0.6) is 11.5 Å². The Labute approximate surface area is 202 Å². The first-order valence-corrected chi connectivity index (χ1v) is 11.8. The lowest BCUT2D eigenvalue weighted by molar-refractivity contribution is 0.102. The van der Waals surface area contributed by atoms with E-state index >= 15 is 0 Å². The second-order valence-electron chi connectivity index (χ2n) is 7.92. The van der Waals surface area contributed by atoms with Gasteiger partial charge in [0.1, 0.15) is 16.5 Å². The highest BCUT2D eigenvalue weighted by Crippen LogP contribution is 2.29. The molecule has 1 saturated heterocycles. The number of hydrogen-bond donors (Lipinski definition) is 2. The van der Waals surface area contributed by atoms with Gasteiger partial charge in [-0.1, -0.05) is 23.5 Å². The van der Waals surface area contributed by atoms with Crippen LogP contribution < -0.4 is 20.1 Å². The summed E-state index contributed by atoms with van der Waals surface area (Å²) < 4.78 is 10.4. The van der Waals surface area contributed by atoms with Crippen LogP contribution in [0.1, 0.15) is 39.1 Å². The Morgan fingerprint density at radius 1 is 1.09 bits per heavy atom. The first-order chi connectivity index (χ1) is 16.6. The zero-order chi connectivity index (χ0) is 23.9. The summed E-state index contributed by atoms with van der Waals surface area (Å²) in [7, 11) is 3.21. The number of amides is 3. The fourth-order valence-electron chi connectivity index (χ4n) is 3.79. The van der Waals surface area contributed by atoms with Crippen molar-refractivity contribution in [3.05, 3.63) is 64.1 Å². The molecule has 10 heteroatoms. The summed E-state index contributed by atoms with van der Waals surface area (Å²) in [6, 6.07) is 14.6. The van der Waals surface area contributed by atoms with Crippen molar-refractivity contribution in [2.24, 2.45) is 0 Å². The molecule has 3 amide bonds. The summed E-state index contributed by atoms with van der Waals surface area (Å²) in [5.74, 6) is 1.22. The lowest BCUT2D eigenvalue weighted by atomic mass is 9.99. The molecule has 4 rings (SSSR count). The third-order valence-corrected chi connectivity index (χ3v) is 6.70. The molecule has 0 spiro atoms. The van der Waals surface area contributed by atoms with E-state index in [2.05, 4.69) is 20.8 Å². The van der Waals surface area contributed by atoms with Crippen LogP contribution in [-0.2, 0) is 6.54 Å². The number of methoxy groups -OCH3 is 2. The maximum atomic E-state index is 12.7. The van der Waals surface area contributed by atoms with Crippen molar-refractivity contribution in [1.82, 2.24) is 20.4 Å². The zero-order valence-corrected chi connectivity index (χ0v) is 19.9. The number of piperidine rings is 1. The Balaban J connectivity index is 1.32. The van der Waals surface area contributed by atoms with E-state index in [-0.39, 0.29) is 17.9 Å². The van der Waals surface area contributed by atoms with Crippen LogP contribution in [0, 0.1) is 0 Å². The average molecular weight is 482 g/mol. The molecule has 0 unspecified atom stereocenters. The van der Waals surface area contributed by atoms with Crippen molar-refractivity contribution in [3.63, 3.8) is 0 Å². The molecule has 0 radical (unpaired) electrons. The molecule has 9 nitrogen and oxygen atoms in total. The monoisotopic (exact) mass is 481 g/mol. The number of urea groups is 1. The third kappa shape index (κ3) is 5.82. The Morgan fingerprint density at radius 3 is 2.65 bits per heavy atom. The lowest BCUT2D eigenvalue weighted by Gasteiger charge is -2.31. The number of rotatable bonds is 7. The van der Waals surface area contributed by atoms with Gasteiger partial charge >= 0.3 is 6.03 Å². The Kier molecular flexibility index (Phi) is 7.58. The van der Waals surface area contributed by atoms with Crippen molar-refractivity contribution in [2.75, 3.05) is 32.6 Å². The third-order valence-electron chi connectivity index (χ3n) is 5.62. The second kappa shape index (κ2) is 11.0. The van der Waals surface area contributed by atoms with Gasteiger partial charge in [-0.2, -0.15) is 0 Å². The minimum atomic E-state index is -0.308. The molecule has 34 heavy (non-hydrogen) atoms. The number of carbonyl (C=O) groups is 2. The topological polar surface area (TPSA) is 106 Å². The molecule has 2 aromatic carbocycles. The van der Waals surface area contributed by atoms with Crippen LogP contribution in [0.2, 0.25) is 0 Å². The second-order valence-corrected chi connectivity index (χ2v) is 8.93. The summed E-state index contributed by atoms with van der Waals surface area (Å²) in [6.45, 7) is 1.65. The van der Waals surface area contributed by atoms with Gasteiger partial charge in [0.15, 0.2) is 0 Å². The van der Waals surface area contributed by atoms with E-state index in [1.54, 1.807) is 43.4 Å². The smallest absolute Gasteiger partial charge is 0.317 e. The maximum absolute atomic E-state index is 12.7. The van der Waals surface area contributed by atoms with Crippen molar-refractivity contribution >= 4 is 29.0 Å². The minimum Gasteiger partial charge on any atom is -0.497 e. The molecular formula is C24H27N5O4S. The van der Waals surface area contributed by atoms with Crippen LogP contribution in [0.4, 0.5) is 10.5 Å². The van der Waals surface area contributed by atoms with E-state index in [0.29, 0.717) is 36.1 Å². The number of carbonyl (C=O) groups excluding carboxylic acids is 2. The van der Waals surface area contributed by atoms with E-state index in [0.717, 1.165) is 29.2 Å². The minimum absolute atomic E-state index is 0.0522. The SMILES string of the molecule is COc1ccc(NC(=O)c2nnc([C@@H]3CCCN(C(=O)NCc4cccc(OC)c4)C3)s2)cc1. The number of hydrogen-bond acceptors (Lipinski definition) is 7. The lowest BCUT2D eigenvalue weighted by Crippen LogP contribution is -2.44. The molecular weight excluding hydrogens is 454 g/mol. The van der Waals surface area contributed by atoms with Gasteiger partial charge < -0.3 is 25.0 Å². The normalized spacial score (nSPS) is 15.5. The van der Waals surface area contributed by atoms with Gasteiger partial charge in [-0.25, -0.2) is 4.79 Å². The molecule has 1 aromatic heterocycles. The van der Waals surface area contributed by atoms with Crippen LogP contribution in [-0.4, -0.2) is 54.3 Å². The van der Waals surface area contributed by atoms with Gasteiger partial charge in [0.2, 0.25) is 5.01 Å². The van der Waals surface area contributed by atoms with Crippen molar-refractivity contribution in [1.29, 1.82) is 0 Å².